The lowest BCUT2D eigenvalue weighted by molar-refractivity contribution is 0.353. The van der Waals surface area contributed by atoms with Crippen LogP contribution in [0.15, 0.2) is 18.2 Å². The Morgan fingerprint density at radius 1 is 1.28 bits per heavy atom. The summed E-state index contributed by atoms with van der Waals surface area (Å²) in [6.07, 6.45) is 4.49. The number of rotatable bonds is 3. The molecular formula is C14H16BrClF2. The zero-order valence-electron chi connectivity index (χ0n) is 10.0. The molecule has 1 aliphatic carbocycles. The Balaban J connectivity index is 2.08. The molecule has 0 amide bonds. The van der Waals surface area contributed by atoms with Gasteiger partial charge in [0.2, 0.25) is 5.63 Å². The molecule has 1 saturated carbocycles. The van der Waals surface area contributed by atoms with Gasteiger partial charge in [-0.1, -0.05) is 39.7 Å². The molecule has 1 fully saturated rings. The molecule has 1 aromatic rings. The van der Waals surface area contributed by atoms with Crippen molar-refractivity contribution in [2.45, 2.75) is 37.2 Å². The first-order chi connectivity index (χ1) is 8.61. The number of halogens is 4. The van der Waals surface area contributed by atoms with E-state index in [0.29, 0.717) is 5.92 Å². The third-order valence-electron chi connectivity index (χ3n) is 3.80. The topological polar surface area (TPSA) is 0 Å². The van der Waals surface area contributed by atoms with Crippen LogP contribution in [0.2, 0.25) is 0 Å². The van der Waals surface area contributed by atoms with Gasteiger partial charge >= 0.3 is 0 Å². The predicted octanol–water partition coefficient (Wildman–Crippen LogP) is 5.70. The summed E-state index contributed by atoms with van der Waals surface area (Å²) in [6, 6.07) is 4.73. The van der Waals surface area contributed by atoms with Crippen LogP contribution in [0.5, 0.6) is 0 Å². The Bertz CT molecular complexity index is 401. The third-order valence-corrected chi connectivity index (χ3v) is 4.95. The lowest BCUT2D eigenvalue weighted by Gasteiger charge is -2.27. The molecule has 1 aliphatic rings. The van der Waals surface area contributed by atoms with Crippen LogP contribution in [0.3, 0.4) is 0 Å². The van der Waals surface area contributed by atoms with Crippen molar-refractivity contribution in [3.05, 3.63) is 35.1 Å². The number of hydrogen-bond donors (Lipinski definition) is 0. The summed E-state index contributed by atoms with van der Waals surface area (Å²) in [5.74, 6) is 0.610. The van der Waals surface area contributed by atoms with Crippen LogP contribution in [-0.4, -0.2) is 5.33 Å². The average Bonchev–Trinajstić information content (AvgIpc) is 2.38. The highest BCUT2D eigenvalue weighted by molar-refractivity contribution is 9.09. The van der Waals surface area contributed by atoms with Gasteiger partial charge in [-0.15, -0.1) is 0 Å². The van der Waals surface area contributed by atoms with Crippen LogP contribution >= 0.6 is 27.5 Å². The molecule has 0 bridgehead atoms. The highest BCUT2D eigenvalue weighted by Crippen LogP contribution is 2.37. The van der Waals surface area contributed by atoms with Crippen LogP contribution in [0, 0.1) is 11.7 Å². The molecule has 0 heterocycles. The second-order valence-corrected chi connectivity index (χ2v) is 5.98. The Labute approximate surface area is 120 Å². The molecule has 0 spiro atoms. The van der Waals surface area contributed by atoms with Gasteiger partial charge in [0.1, 0.15) is 5.82 Å². The summed E-state index contributed by atoms with van der Waals surface area (Å²) in [6.45, 7) is 0. The monoisotopic (exact) mass is 336 g/mol. The van der Waals surface area contributed by atoms with E-state index in [-0.39, 0.29) is 5.56 Å². The second-order valence-electron chi connectivity index (χ2n) is 4.95. The van der Waals surface area contributed by atoms with Crippen molar-refractivity contribution in [2.24, 2.45) is 5.92 Å². The lowest BCUT2D eigenvalue weighted by atomic mass is 9.79. The molecule has 0 aromatic heterocycles. The van der Waals surface area contributed by atoms with Crippen LogP contribution in [0.25, 0.3) is 0 Å². The van der Waals surface area contributed by atoms with Crippen molar-refractivity contribution in [2.75, 3.05) is 5.33 Å². The minimum Gasteiger partial charge on any atom is -0.225 e. The number of alkyl halides is 3. The first kappa shape index (κ1) is 14.3. The predicted molar refractivity (Wildman–Crippen MR) is 74.6 cm³/mol. The van der Waals surface area contributed by atoms with Gasteiger partial charge in [-0.2, -0.15) is 0 Å². The van der Waals surface area contributed by atoms with Crippen molar-refractivity contribution in [1.29, 1.82) is 0 Å². The minimum absolute atomic E-state index is 0.0606. The fourth-order valence-electron chi connectivity index (χ4n) is 2.62. The van der Waals surface area contributed by atoms with E-state index in [1.807, 2.05) is 6.07 Å². The molecule has 2 rings (SSSR count). The van der Waals surface area contributed by atoms with E-state index in [2.05, 4.69) is 15.9 Å². The Morgan fingerprint density at radius 2 is 1.94 bits per heavy atom. The zero-order chi connectivity index (χ0) is 13.1. The van der Waals surface area contributed by atoms with Crippen LogP contribution < -0.4 is 0 Å². The molecule has 18 heavy (non-hydrogen) atoms. The molecular weight excluding hydrogens is 322 g/mol. The highest BCUT2D eigenvalue weighted by Gasteiger charge is 2.23. The Morgan fingerprint density at radius 3 is 2.44 bits per heavy atom. The fourth-order valence-corrected chi connectivity index (χ4v) is 3.45. The maximum atomic E-state index is 13.7. The Hall–Kier alpha value is -0.150. The molecule has 0 nitrogen and oxygen atoms in total. The maximum absolute atomic E-state index is 13.7. The van der Waals surface area contributed by atoms with Gasteiger partial charge in [0.15, 0.2) is 0 Å². The third kappa shape index (κ3) is 3.24. The molecule has 100 valence electrons. The second kappa shape index (κ2) is 6.33. The van der Waals surface area contributed by atoms with Crippen molar-refractivity contribution >= 4 is 27.5 Å². The number of benzene rings is 1. The van der Waals surface area contributed by atoms with E-state index in [1.54, 1.807) is 0 Å². The molecule has 0 N–H and O–H groups in total. The largest absolute Gasteiger partial charge is 0.225 e. The van der Waals surface area contributed by atoms with E-state index >= 15 is 0 Å². The van der Waals surface area contributed by atoms with Gasteiger partial charge < -0.3 is 0 Å². The first-order valence-electron chi connectivity index (χ1n) is 6.25. The van der Waals surface area contributed by atoms with Gasteiger partial charge in [-0.05, 0) is 49.1 Å². The van der Waals surface area contributed by atoms with Crippen LogP contribution in [-0.2, 0) is 0 Å². The van der Waals surface area contributed by atoms with E-state index in [9.17, 15) is 8.78 Å². The molecule has 4 heteroatoms. The maximum Gasteiger partial charge on any atom is 0.201 e. The van der Waals surface area contributed by atoms with E-state index in [0.717, 1.165) is 29.7 Å². The highest BCUT2D eigenvalue weighted by atomic mass is 79.9. The molecule has 1 unspecified atom stereocenters. The Kier molecular flexibility index (Phi) is 5.02. The van der Waals surface area contributed by atoms with E-state index in [4.69, 9.17) is 11.6 Å². The van der Waals surface area contributed by atoms with Gasteiger partial charge in [-0.3, -0.25) is 0 Å². The van der Waals surface area contributed by atoms with Gasteiger partial charge in [0.25, 0.3) is 0 Å². The van der Waals surface area contributed by atoms with Crippen molar-refractivity contribution < 1.29 is 8.78 Å². The van der Waals surface area contributed by atoms with Crippen LogP contribution in [0.1, 0.15) is 48.4 Å². The SMILES string of the molecule is Fc1cc(C2CCC(CBr)CC2)ccc1C(F)Cl. The average molecular weight is 338 g/mol. The van der Waals surface area contributed by atoms with Crippen molar-refractivity contribution in [1.82, 2.24) is 0 Å². The zero-order valence-corrected chi connectivity index (χ0v) is 12.4. The molecule has 1 aromatic carbocycles. The van der Waals surface area contributed by atoms with Gasteiger partial charge in [0.05, 0.1) is 0 Å². The molecule has 0 saturated heterocycles. The van der Waals surface area contributed by atoms with E-state index < -0.39 is 11.4 Å². The summed E-state index contributed by atoms with van der Waals surface area (Å²) in [5, 5.41) is 1.04. The van der Waals surface area contributed by atoms with Gasteiger partial charge in [0, 0.05) is 10.9 Å². The van der Waals surface area contributed by atoms with Crippen molar-refractivity contribution in [3.63, 3.8) is 0 Å². The molecule has 0 radical (unpaired) electrons. The van der Waals surface area contributed by atoms with Gasteiger partial charge in [-0.25, -0.2) is 8.78 Å². The molecule has 1 atom stereocenters. The summed E-state index contributed by atoms with van der Waals surface area (Å²) in [5.41, 5.74) is -0.848. The summed E-state index contributed by atoms with van der Waals surface area (Å²) < 4.78 is 26.6. The van der Waals surface area contributed by atoms with E-state index in [1.165, 1.54) is 25.0 Å². The summed E-state index contributed by atoms with van der Waals surface area (Å²) >= 11 is 8.78. The van der Waals surface area contributed by atoms with Crippen molar-refractivity contribution in [3.8, 4) is 0 Å². The van der Waals surface area contributed by atoms with Crippen LogP contribution in [0.4, 0.5) is 8.78 Å². The lowest BCUT2D eigenvalue weighted by Crippen LogP contribution is -2.14. The fraction of sp³-hybridized carbons (Fsp3) is 0.571. The first-order valence-corrected chi connectivity index (χ1v) is 7.81. The standard InChI is InChI=1S/C14H16BrClF2/c15-8-9-1-3-10(4-2-9)11-5-6-12(14(16)18)13(17)7-11/h5-7,9-10,14H,1-4,8H2. The summed E-state index contributed by atoms with van der Waals surface area (Å²) in [4.78, 5) is 0. The minimum atomic E-state index is -1.76. The molecule has 0 aliphatic heterocycles. The normalized spacial score (nSPS) is 26.0. The smallest absolute Gasteiger partial charge is 0.201 e. The summed E-state index contributed by atoms with van der Waals surface area (Å²) in [7, 11) is 0. The quantitative estimate of drug-likeness (QED) is 0.620. The number of hydrogen-bond acceptors (Lipinski definition) is 0.